The second kappa shape index (κ2) is 11.3. The average Bonchev–Trinajstić information content (AvgIpc) is 2.79. The molecule has 0 atom stereocenters. The molecule has 0 unspecified atom stereocenters. The summed E-state index contributed by atoms with van der Waals surface area (Å²) in [6.45, 7) is 6.02. The molecule has 7 nitrogen and oxygen atoms in total. The van der Waals surface area contributed by atoms with Crippen molar-refractivity contribution in [3.05, 3.63) is 83.4 Å². The number of rotatable bonds is 8. The molecule has 0 saturated heterocycles. The number of hydroxylamine groups is 1. The van der Waals surface area contributed by atoms with E-state index < -0.39 is 17.7 Å². The number of phenolic OH excluding ortho intramolecular Hbond substituents is 1. The van der Waals surface area contributed by atoms with Crippen molar-refractivity contribution in [2.24, 2.45) is 0 Å². The van der Waals surface area contributed by atoms with Gasteiger partial charge in [0, 0.05) is 24.7 Å². The van der Waals surface area contributed by atoms with Crippen LogP contribution in [0.25, 0.3) is 16.8 Å². The lowest BCUT2D eigenvalue weighted by molar-refractivity contribution is -0.144. The minimum Gasteiger partial charge on any atom is -0.507 e. The first-order valence-corrected chi connectivity index (χ1v) is 11.1. The van der Waals surface area contributed by atoms with Gasteiger partial charge in [0.05, 0.1) is 0 Å². The molecule has 0 aromatic heterocycles. The zero-order valence-corrected chi connectivity index (χ0v) is 19.6. The number of benzene rings is 3. The van der Waals surface area contributed by atoms with Crippen molar-refractivity contribution in [3.63, 3.8) is 0 Å². The van der Waals surface area contributed by atoms with Crippen LogP contribution in [0.5, 0.6) is 5.75 Å². The van der Waals surface area contributed by atoms with Crippen molar-refractivity contribution in [2.75, 3.05) is 6.54 Å². The van der Waals surface area contributed by atoms with Crippen LogP contribution in [0, 0.1) is 0 Å². The highest BCUT2D eigenvalue weighted by molar-refractivity contribution is 5.87. The standard InChI is InChI=1S/C27H30N2O5/c1-27(2,3)33-26(32)28-18-19-11-12-22(24(30)17-19)13-14-25(31)34-29-16-15-21-9-6-8-20-7-4-5-10-23(20)21/h4-14,17,29-30H,15-16,18H2,1-3H3,(H,28,32). The predicted molar refractivity (Wildman–Crippen MR) is 132 cm³/mol. The highest BCUT2D eigenvalue weighted by Gasteiger charge is 2.15. The summed E-state index contributed by atoms with van der Waals surface area (Å²) in [5.41, 5.74) is 4.42. The van der Waals surface area contributed by atoms with Gasteiger partial charge < -0.3 is 20.0 Å². The number of ether oxygens (including phenoxy) is 1. The first-order chi connectivity index (χ1) is 16.2. The van der Waals surface area contributed by atoms with Gasteiger partial charge in [-0.25, -0.2) is 9.59 Å². The zero-order valence-electron chi connectivity index (χ0n) is 19.6. The average molecular weight is 463 g/mol. The lowest BCUT2D eigenvalue weighted by Crippen LogP contribution is -2.32. The second-order valence-electron chi connectivity index (χ2n) is 8.79. The molecular weight excluding hydrogens is 432 g/mol. The van der Waals surface area contributed by atoms with Crippen molar-refractivity contribution in [3.8, 4) is 5.75 Å². The molecule has 0 saturated carbocycles. The summed E-state index contributed by atoms with van der Waals surface area (Å²) in [5.74, 6) is -0.593. The number of phenols is 1. The molecule has 3 aromatic carbocycles. The number of carbonyl (C=O) groups excluding carboxylic acids is 2. The Hall–Kier alpha value is -3.84. The van der Waals surface area contributed by atoms with Crippen LogP contribution in [-0.4, -0.2) is 29.3 Å². The van der Waals surface area contributed by atoms with E-state index in [-0.39, 0.29) is 12.3 Å². The van der Waals surface area contributed by atoms with Crippen molar-refractivity contribution in [1.29, 1.82) is 0 Å². The molecular formula is C27H30N2O5. The number of fused-ring (bicyclic) bond motifs is 1. The van der Waals surface area contributed by atoms with Crippen LogP contribution < -0.4 is 10.8 Å². The minimum absolute atomic E-state index is 0.0172. The third-order valence-corrected chi connectivity index (χ3v) is 4.88. The summed E-state index contributed by atoms with van der Waals surface area (Å²) < 4.78 is 5.18. The van der Waals surface area contributed by atoms with Crippen molar-refractivity contribution >= 4 is 28.9 Å². The molecule has 3 N–H and O–H groups in total. The summed E-state index contributed by atoms with van der Waals surface area (Å²) in [7, 11) is 0. The summed E-state index contributed by atoms with van der Waals surface area (Å²) >= 11 is 0. The number of aromatic hydroxyl groups is 1. The Morgan fingerprint density at radius 3 is 2.56 bits per heavy atom. The Bertz CT molecular complexity index is 1180. The summed E-state index contributed by atoms with van der Waals surface area (Å²) in [6.07, 6.45) is 2.87. The largest absolute Gasteiger partial charge is 0.507 e. The van der Waals surface area contributed by atoms with Gasteiger partial charge in [-0.1, -0.05) is 54.6 Å². The van der Waals surface area contributed by atoms with Gasteiger partial charge in [-0.3, -0.25) is 0 Å². The number of amides is 1. The van der Waals surface area contributed by atoms with Crippen LogP contribution in [0.15, 0.2) is 66.7 Å². The summed E-state index contributed by atoms with van der Waals surface area (Å²) in [6, 6.07) is 19.2. The first kappa shape index (κ1) is 24.8. The molecule has 0 aliphatic carbocycles. The maximum Gasteiger partial charge on any atom is 0.407 e. The lowest BCUT2D eigenvalue weighted by Gasteiger charge is -2.19. The van der Waals surface area contributed by atoms with E-state index in [0.29, 0.717) is 24.1 Å². The minimum atomic E-state index is -0.583. The monoisotopic (exact) mass is 462 g/mol. The van der Waals surface area contributed by atoms with E-state index >= 15 is 0 Å². The van der Waals surface area contributed by atoms with Gasteiger partial charge in [0.2, 0.25) is 0 Å². The second-order valence-corrected chi connectivity index (χ2v) is 8.79. The summed E-state index contributed by atoms with van der Waals surface area (Å²) in [5, 5.41) is 15.2. The van der Waals surface area contributed by atoms with Gasteiger partial charge in [0.15, 0.2) is 0 Å². The van der Waals surface area contributed by atoms with Gasteiger partial charge in [-0.05, 0) is 61.2 Å². The Morgan fingerprint density at radius 2 is 1.79 bits per heavy atom. The van der Waals surface area contributed by atoms with Crippen LogP contribution in [0.3, 0.4) is 0 Å². The number of carbonyl (C=O) groups is 2. The molecule has 178 valence electrons. The van der Waals surface area contributed by atoms with Crippen LogP contribution in [0.4, 0.5) is 4.79 Å². The molecule has 0 aliphatic heterocycles. The quantitative estimate of drug-likeness (QED) is 0.251. The molecule has 0 fully saturated rings. The van der Waals surface area contributed by atoms with Crippen molar-refractivity contribution in [2.45, 2.75) is 39.3 Å². The van der Waals surface area contributed by atoms with Crippen LogP contribution in [0.1, 0.15) is 37.5 Å². The molecule has 0 aliphatic rings. The maximum absolute atomic E-state index is 12.0. The first-order valence-electron chi connectivity index (χ1n) is 11.1. The molecule has 0 bridgehead atoms. The van der Waals surface area contributed by atoms with E-state index in [9.17, 15) is 14.7 Å². The van der Waals surface area contributed by atoms with E-state index in [2.05, 4.69) is 35.1 Å². The van der Waals surface area contributed by atoms with E-state index in [0.717, 1.165) is 0 Å². The number of hydrogen-bond donors (Lipinski definition) is 3. The fourth-order valence-corrected chi connectivity index (χ4v) is 3.34. The highest BCUT2D eigenvalue weighted by atomic mass is 16.7. The normalized spacial score (nSPS) is 11.5. The smallest absolute Gasteiger partial charge is 0.407 e. The number of hydrogen-bond acceptors (Lipinski definition) is 6. The maximum atomic E-state index is 12.0. The zero-order chi connectivity index (χ0) is 24.6. The van der Waals surface area contributed by atoms with Crippen LogP contribution >= 0.6 is 0 Å². The Labute approximate surface area is 199 Å². The molecule has 0 radical (unpaired) electrons. The van der Waals surface area contributed by atoms with Gasteiger partial charge in [-0.2, -0.15) is 5.48 Å². The highest BCUT2D eigenvalue weighted by Crippen LogP contribution is 2.21. The van der Waals surface area contributed by atoms with E-state index in [1.807, 2.05) is 18.2 Å². The van der Waals surface area contributed by atoms with E-state index in [1.165, 1.54) is 34.6 Å². The van der Waals surface area contributed by atoms with Gasteiger partial charge in [0.25, 0.3) is 0 Å². The number of nitrogens with one attached hydrogen (secondary N) is 2. The molecule has 0 heterocycles. The van der Waals surface area contributed by atoms with Gasteiger partial charge in [0.1, 0.15) is 11.4 Å². The third-order valence-electron chi connectivity index (χ3n) is 4.88. The number of alkyl carbamates (subject to hydrolysis) is 1. The van der Waals surface area contributed by atoms with Crippen molar-refractivity contribution in [1.82, 2.24) is 10.8 Å². The molecule has 3 aromatic rings. The Balaban J connectivity index is 1.44. The molecule has 1 amide bonds. The van der Waals surface area contributed by atoms with Gasteiger partial charge in [-0.15, -0.1) is 0 Å². The fourth-order valence-electron chi connectivity index (χ4n) is 3.34. The molecule has 0 spiro atoms. The molecule has 34 heavy (non-hydrogen) atoms. The van der Waals surface area contributed by atoms with Crippen molar-refractivity contribution < 1.29 is 24.3 Å². The fraction of sp³-hybridized carbons (Fsp3) is 0.259. The Morgan fingerprint density at radius 1 is 1.03 bits per heavy atom. The van der Waals surface area contributed by atoms with Crippen LogP contribution in [0.2, 0.25) is 0 Å². The Kier molecular flexibility index (Phi) is 8.27. The van der Waals surface area contributed by atoms with Gasteiger partial charge >= 0.3 is 12.1 Å². The molecule has 7 heteroatoms. The molecule has 3 rings (SSSR count). The van der Waals surface area contributed by atoms with E-state index in [1.54, 1.807) is 32.9 Å². The lowest BCUT2D eigenvalue weighted by atomic mass is 10.0. The summed E-state index contributed by atoms with van der Waals surface area (Å²) in [4.78, 5) is 28.8. The van der Waals surface area contributed by atoms with Crippen LogP contribution in [-0.2, 0) is 27.3 Å². The topological polar surface area (TPSA) is 96.9 Å². The predicted octanol–water partition coefficient (Wildman–Crippen LogP) is 4.87. The SMILES string of the molecule is CC(C)(C)OC(=O)NCc1ccc(C=CC(=O)ONCCc2cccc3ccccc23)c(O)c1. The van der Waals surface area contributed by atoms with E-state index in [4.69, 9.17) is 9.57 Å². The third kappa shape index (κ3) is 7.64.